The second-order valence-corrected chi connectivity index (χ2v) is 8.03. The van der Waals surface area contributed by atoms with Crippen LogP contribution in [0, 0.1) is 0 Å². The lowest BCUT2D eigenvalue weighted by molar-refractivity contribution is 0.118. The molecule has 4 aromatic rings. The highest BCUT2D eigenvalue weighted by molar-refractivity contribution is 5.93. The van der Waals surface area contributed by atoms with E-state index in [1.54, 1.807) is 27.8 Å². The summed E-state index contributed by atoms with van der Waals surface area (Å²) in [5.41, 5.74) is 3.23. The number of hydrogen-bond donors (Lipinski definition) is 2. The van der Waals surface area contributed by atoms with E-state index in [0.717, 1.165) is 30.4 Å². The van der Waals surface area contributed by atoms with E-state index >= 15 is 0 Å². The van der Waals surface area contributed by atoms with Crippen molar-refractivity contribution in [2.24, 2.45) is 14.1 Å². The Balaban J connectivity index is 1.74. The van der Waals surface area contributed by atoms with Gasteiger partial charge in [0.2, 0.25) is 0 Å². The third kappa shape index (κ3) is 3.30. The summed E-state index contributed by atoms with van der Waals surface area (Å²) in [6, 6.07) is 1.76. The summed E-state index contributed by atoms with van der Waals surface area (Å²) in [5.74, 6) is 0.651. The van der Waals surface area contributed by atoms with Crippen LogP contribution in [0.2, 0.25) is 0 Å². The molecule has 1 aliphatic rings. The Kier molecular flexibility index (Phi) is 4.47. The molecule has 0 saturated heterocycles. The van der Waals surface area contributed by atoms with Gasteiger partial charge in [-0.25, -0.2) is 9.97 Å². The largest absolute Gasteiger partial charge is 0.393 e. The van der Waals surface area contributed by atoms with Crippen molar-refractivity contribution in [2.75, 3.05) is 0 Å². The number of H-pyrrole nitrogens is 1. The third-order valence-electron chi connectivity index (χ3n) is 5.72. The molecule has 2 unspecified atom stereocenters. The Morgan fingerprint density at radius 3 is 2.47 bits per heavy atom. The number of fused-ring (bicyclic) bond motifs is 1. The maximum atomic E-state index is 13.1. The summed E-state index contributed by atoms with van der Waals surface area (Å²) in [6.45, 7) is 0. The van der Waals surface area contributed by atoms with Gasteiger partial charge in [-0.15, -0.1) is 0 Å². The molecule has 0 aromatic carbocycles. The molecule has 2 N–H and O–H groups in total. The zero-order valence-electron chi connectivity index (χ0n) is 16.9. The summed E-state index contributed by atoms with van der Waals surface area (Å²) in [7, 11) is 3.68. The molecular weight excluding hydrogens is 382 g/mol. The molecule has 30 heavy (non-hydrogen) atoms. The average molecular weight is 405 g/mol. The first-order valence-corrected chi connectivity index (χ1v) is 10.1. The van der Waals surface area contributed by atoms with Gasteiger partial charge in [-0.1, -0.05) is 6.42 Å². The predicted molar refractivity (Wildman–Crippen MR) is 112 cm³/mol. The number of rotatable bonds is 3. The van der Waals surface area contributed by atoms with Crippen molar-refractivity contribution >= 4 is 10.9 Å². The van der Waals surface area contributed by atoms with E-state index in [1.807, 2.05) is 26.5 Å². The van der Waals surface area contributed by atoms with Crippen LogP contribution in [0.15, 0.2) is 35.6 Å². The van der Waals surface area contributed by atoms with Gasteiger partial charge in [0.15, 0.2) is 0 Å². The summed E-state index contributed by atoms with van der Waals surface area (Å²) in [5, 5.41) is 19.0. The van der Waals surface area contributed by atoms with Crippen LogP contribution in [0.25, 0.3) is 33.4 Å². The number of aliphatic hydroxyl groups is 1. The molecule has 154 valence electrons. The summed E-state index contributed by atoms with van der Waals surface area (Å²) in [4.78, 5) is 25.7. The number of aromatic amines is 1. The molecule has 9 nitrogen and oxygen atoms in total. The molecule has 1 aliphatic carbocycles. The quantitative estimate of drug-likeness (QED) is 0.540. The van der Waals surface area contributed by atoms with Gasteiger partial charge in [-0.3, -0.25) is 14.2 Å². The fourth-order valence-electron chi connectivity index (χ4n) is 4.21. The molecule has 4 aromatic heterocycles. The van der Waals surface area contributed by atoms with E-state index in [-0.39, 0.29) is 17.6 Å². The van der Waals surface area contributed by atoms with Crippen LogP contribution in [0.4, 0.5) is 0 Å². The monoisotopic (exact) mass is 405 g/mol. The minimum atomic E-state index is -0.353. The van der Waals surface area contributed by atoms with Gasteiger partial charge in [0.05, 0.1) is 29.6 Å². The highest BCUT2D eigenvalue weighted by Gasteiger charge is 2.25. The highest BCUT2D eigenvalue weighted by Crippen LogP contribution is 2.33. The van der Waals surface area contributed by atoms with Gasteiger partial charge in [0, 0.05) is 43.5 Å². The average Bonchev–Trinajstić information content (AvgIpc) is 3.35. The Labute approximate surface area is 172 Å². The fourth-order valence-corrected chi connectivity index (χ4v) is 4.21. The van der Waals surface area contributed by atoms with Gasteiger partial charge in [0.25, 0.3) is 5.56 Å². The van der Waals surface area contributed by atoms with E-state index in [9.17, 15) is 9.90 Å². The van der Waals surface area contributed by atoms with E-state index in [4.69, 9.17) is 9.97 Å². The second-order valence-electron chi connectivity index (χ2n) is 8.03. The number of aromatic nitrogens is 7. The Bertz CT molecular complexity index is 1290. The van der Waals surface area contributed by atoms with Gasteiger partial charge in [-0.05, 0) is 25.3 Å². The Morgan fingerprint density at radius 1 is 1.07 bits per heavy atom. The zero-order chi connectivity index (χ0) is 20.8. The molecular formula is C21H23N7O2. The molecule has 1 fully saturated rings. The second kappa shape index (κ2) is 7.17. The molecule has 5 rings (SSSR count). The van der Waals surface area contributed by atoms with Crippen molar-refractivity contribution in [2.45, 2.75) is 37.7 Å². The predicted octanol–water partition coefficient (Wildman–Crippen LogP) is 2.14. The van der Waals surface area contributed by atoms with Crippen LogP contribution in [-0.4, -0.2) is 45.7 Å². The highest BCUT2D eigenvalue weighted by atomic mass is 16.3. The van der Waals surface area contributed by atoms with Gasteiger partial charge >= 0.3 is 0 Å². The summed E-state index contributed by atoms with van der Waals surface area (Å²) in [6.07, 6.45) is 10.0. The summed E-state index contributed by atoms with van der Waals surface area (Å²) < 4.78 is 3.40. The van der Waals surface area contributed by atoms with Gasteiger partial charge < -0.3 is 10.1 Å². The molecule has 4 heterocycles. The maximum Gasteiger partial charge on any atom is 0.258 e. The zero-order valence-corrected chi connectivity index (χ0v) is 16.9. The molecule has 0 aliphatic heterocycles. The molecule has 2 atom stereocenters. The van der Waals surface area contributed by atoms with Crippen molar-refractivity contribution < 1.29 is 5.11 Å². The minimum Gasteiger partial charge on any atom is -0.393 e. The first-order valence-electron chi connectivity index (χ1n) is 10.1. The first kappa shape index (κ1) is 18.7. The molecule has 0 spiro atoms. The van der Waals surface area contributed by atoms with Crippen LogP contribution >= 0.6 is 0 Å². The van der Waals surface area contributed by atoms with Crippen LogP contribution in [0.5, 0.6) is 0 Å². The lowest BCUT2D eigenvalue weighted by Gasteiger charge is -2.25. The number of hydrogen-bond acceptors (Lipinski definition) is 6. The van der Waals surface area contributed by atoms with Crippen LogP contribution < -0.4 is 5.56 Å². The number of pyridine rings is 1. The number of nitrogens with zero attached hydrogens (tertiary/aromatic N) is 6. The number of aliphatic hydroxyl groups excluding tert-OH is 1. The van der Waals surface area contributed by atoms with Gasteiger partial charge in [0.1, 0.15) is 17.0 Å². The summed E-state index contributed by atoms with van der Waals surface area (Å²) >= 11 is 0. The Hall–Kier alpha value is -3.33. The first-order chi connectivity index (χ1) is 14.5. The van der Waals surface area contributed by atoms with E-state index in [1.165, 1.54) is 0 Å². The van der Waals surface area contributed by atoms with E-state index in [0.29, 0.717) is 34.5 Å². The molecule has 0 amide bonds. The topological polar surface area (TPSA) is 115 Å². The van der Waals surface area contributed by atoms with Crippen LogP contribution in [-0.2, 0) is 14.1 Å². The molecule has 0 bridgehead atoms. The maximum absolute atomic E-state index is 13.1. The lowest BCUT2D eigenvalue weighted by Crippen LogP contribution is -2.22. The van der Waals surface area contributed by atoms with Crippen molar-refractivity contribution in [1.29, 1.82) is 0 Å². The van der Waals surface area contributed by atoms with E-state index < -0.39 is 0 Å². The number of nitrogens with one attached hydrogen (secondary N) is 1. The smallest absolute Gasteiger partial charge is 0.258 e. The third-order valence-corrected chi connectivity index (χ3v) is 5.72. The van der Waals surface area contributed by atoms with E-state index in [2.05, 4.69) is 15.2 Å². The molecule has 1 saturated carbocycles. The van der Waals surface area contributed by atoms with Crippen molar-refractivity contribution in [3.05, 3.63) is 47.0 Å². The van der Waals surface area contributed by atoms with Crippen molar-refractivity contribution in [3.63, 3.8) is 0 Å². The van der Waals surface area contributed by atoms with Crippen molar-refractivity contribution in [3.8, 4) is 22.5 Å². The Morgan fingerprint density at radius 2 is 1.80 bits per heavy atom. The normalized spacial score (nSPS) is 19.4. The van der Waals surface area contributed by atoms with Crippen molar-refractivity contribution in [1.82, 2.24) is 34.5 Å². The minimum absolute atomic E-state index is 0.0330. The standard InChI is InChI=1S/C21H23N7O2/c1-27-10-13(8-22-27)17-7-16-19(18(24-17)14-9-23-28(2)11-14)25-20(26-21(16)30)12-4-3-5-15(29)6-12/h7-12,15,29H,3-6H2,1-2H3,(H,25,26,30). The van der Waals surface area contributed by atoms with Crippen LogP contribution in [0.3, 0.4) is 0 Å². The molecule has 9 heteroatoms. The fraction of sp³-hybridized carbons (Fsp3) is 0.381. The van der Waals surface area contributed by atoms with Crippen LogP contribution in [0.1, 0.15) is 37.4 Å². The SMILES string of the molecule is Cn1cc(-c2cc3c(=O)[nH]c(C4CCCC(O)C4)nc3c(-c3cnn(C)c3)n2)cn1. The molecule has 0 radical (unpaired) electrons. The van der Waals surface area contributed by atoms with Gasteiger partial charge in [-0.2, -0.15) is 10.2 Å². The lowest BCUT2D eigenvalue weighted by atomic mass is 9.86. The number of aryl methyl sites for hydroxylation is 2.